The Morgan fingerprint density at radius 3 is 1.92 bits per heavy atom. The predicted molar refractivity (Wildman–Crippen MR) is 233 cm³/mol. The minimum Gasteiger partial charge on any atom is -0.497 e. The third-order valence-electron chi connectivity index (χ3n) is 11.9. The first-order valence-corrected chi connectivity index (χ1v) is 20.7. The molecule has 0 saturated carbocycles. The molecule has 2 aliphatic rings. The number of carbonyl (C=O) groups is 2. The Labute approximate surface area is 360 Å². The van der Waals surface area contributed by atoms with Crippen molar-refractivity contribution in [2.75, 3.05) is 34.4 Å². The molecular weight excluding hydrogens is 800 g/mol. The van der Waals surface area contributed by atoms with Gasteiger partial charge in [-0.25, -0.2) is 15.0 Å². The summed E-state index contributed by atoms with van der Waals surface area (Å²) in [7, 11) is 8.72. The van der Waals surface area contributed by atoms with E-state index in [0.29, 0.717) is 54.3 Å². The van der Waals surface area contributed by atoms with Crippen LogP contribution in [0.15, 0.2) is 54.6 Å². The number of fused-ring (bicyclic) bond motifs is 2. The summed E-state index contributed by atoms with van der Waals surface area (Å²) in [6, 6.07) is 17.2. The summed E-state index contributed by atoms with van der Waals surface area (Å²) in [6.45, 7) is 11.1. The third kappa shape index (κ3) is 8.88. The topological polar surface area (TPSA) is 157 Å². The molecule has 6 heterocycles. The van der Waals surface area contributed by atoms with Gasteiger partial charge in [-0.2, -0.15) is 4.98 Å². The summed E-state index contributed by atoms with van der Waals surface area (Å²) in [5, 5.41) is 3.21. The zero-order valence-corrected chi connectivity index (χ0v) is 37.0. The number of nitrogens with zero attached hydrogens (tertiary/aromatic N) is 7. The normalized spacial score (nSPS) is 17.8. The Kier molecular flexibility index (Phi) is 12.6. The Morgan fingerprint density at radius 2 is 1.33 bits per heavy atom. The first-order chi connectivity index (χ1) is 29.2. The highest BCUT2D eigenvalue weighted by Gasteiger charge is 2.37. The molecule has 0 unspecified atom stereocenters. The van der Waals surface area contributed by atoms with E-state index in [1.165, 1.54) is 0 Å². The molecule has 61 heavy (non-hydrogen) atoms. The van der Waals surface area contributed by atoms with Gasteiger partial charge in [-0.15, -0.1) is 0 Å². The molecule has 0 spiro atoms. The second kappa shape index (κ2) is 17.9. The van der Waals surface area contributed by atoms with Crippen molar-refractivity contribution >= 4 is 45.5 Å². The van der Waals surface area contributed by atoms with Gasteiger partial charge < -0.3 is 43.0 Å². The van der Waals surface area contributed by atoms with E-state index in [0.717, 1.165) is 56.3 Å². The number of carbonyl (C=O) groups excluding carboxylic acids is 2. The van der Waals surface area contributed by atoms with Crippen LogP contribution in [0, 0.1) is 25.7 Å². The van der Waals surface area contributed by atoms with Gasteiger partial charge in [0.05, 0.1) is 44.1 Å². The van der Waals surface area contributed by atoms with Crippen molar-refractivity contribution < 1.29 is 33.3 Å². The van der Waals surface area contributed by atoms with Crippen LogP contribution < -0.4 is 29.0 Å². The molecular formula is C45H53ClN8O7. The van der Waals surface area contributed by atoms with Gasteiger partial charge in [0.1, 0.15) is 45.8 Å². The van der Waals surface area contributed by atoms with E-state index in [9.17, 15) is 9.59 Å². The zero-order valence-electron chi connectivity index (χ0n) is 36.3. The molecule has 0 bridgehead atoms. The zero-order chi connectivity index (χ0) is 43.7. The standard InChI is InChI=1S/C23H27ClN4O3.C22H26N4O4/c1-13(16-6-8-18(30-5)9-7-16)28-12-17(10-21(28)29)14(2)31-23-22-19(11-20(24)26-23)25-15(3)27(22)4;1-12(15-9-20(27)23-11-15)30-22-21-17(24-13(2)26(21)3)10-16(25-22)14-6-7-18(28-4)19(8-14)29-5/h6-9,11,13-14,17H,10,12H2,1-5H3;6-8,10,12,15H,9,11H2,1-5H3,(H,23,27)/t13-,14-,17-;12-,15-/m11/s1. The number of halogens is 1. The Bertz CT molecular complexity index is 2570. The van der Waals surface area contributed by atoms with Crippen LogP contribution in [-0.4, -0.2) is 92.4 Å². The molecule has 0 aliphatic carbocycles. The summed E-state index contributed by atoms with van der Waals surface area (Å²) < 4.78 is 32.5. The van der Waals surface area contributed by atoms with Crippen LogP contribution in [0.5, 0.6) is 29.0 Å². The van der Waals surface area contributed by atoms with Crippen molar-refractivity contribution in [2.45, 2.75) is 65.7 Å². The second-order valence-electron chi connectivity index (χ2n) is 15.7. The van der Waals surface area contributed by atoms with Crippen LogP contribution in [0.4, 0.5) is 0 Å². The van der Waals surface area contributed by atoms with Crippen molar-refractivity contribution in [2.24, 2.45) is 25.9 Å². The number of imidazole rings is 2. The van der Waals surface area contributed by atoms with Gasteiger partial charge in [-0.3, -0.25) is 9.59 Å². The average Bonchev–Trinajstić information content (AvgIpc) is 4.01. The molecule has 2 aromatic carbocycles. The van der Waals surface area contributed by atoms with E-state index in [2.05, 4.69) is 20.3 Å². The first kappa shape index (κ1) is 43.0. The van der Waals surface area contributed by atoms with E-state index >= 15 is 0 Å². The highest BCUT2D eigenvalue weighted by atomic mass is 35.5. The molecule has 2 aliphatic heterocycles. The van der Waals surface area contributed by atoms with Crippen LogP contribution >= 0.6 is 11.6 Å². The van der Waals surface area contributed by atoms with Crippen LogP contribution in [0.3, 0.4) is 0 Å². The van der Waals surface area contributed by atoms with Gasteiger partial charge in [0.2, 0.25) is 23.6 Å². The molecule has 1 N–H and O–H groups in total. The maximum atomic E-state index is 12.8. The van der Waals surface area contributed by atoms with Gasteiger partial charge in [0.15, 0.2) is 11.5 Å². The van der Waals surface area contributed by atoms with E-state index in [-0.39, 0.29) is 41.9 Å². The summed E-state index contributed by atoms with van der Waals surface area (Å²) in [5.41, 5.74) is 5.86. The number of benzene rings is 2. The fourth-order valence-electron chi connectivity index (χ4n) is 7.92. The summed E-state index contributed by atoms with van der Waals surface area (Å²) in [5.74, 6) is 5.10. The fourth-order valence-corrected chi connectivity index (χ4v) is 8.10. The maximum absolute atomic E-state index is 12.8. The van der Waals surface area contributed by atoms with Gasteiger partial charge in [-0.05, 0) is 76.6 Å². The van der Waals surface area contributed by atoms with E-state index in [4.69, 9.17) is 40.3 Å². The minimum absolute atomic E-state index is 0.0219. The number of rotatable bonds is 12. The Balaban J connectivity index is 0.000000184. The van der Waals surface area contributed by atoms with E-state index in [1.807, 2.05) is 111 Å². The van der Waals surface area contributed by atoms with Crippen molar-refractivity contribution in [1.82, 2.24) is 39.3 Å². The number of hydrogen-bond acceptors (Lipinski definition) is 11. The summed E-state index contributed by atoms with van der Waals surface area (Å²) in [6.07, 6.45) is 0.525. The molecule has 0 radical (unpaired) electrons. The lowest BCUT2D eigenvalue weighted by atomic mass is 10.0. The number of amides is 2. The molecule has 6 aromatic rings. The number of ether oxygens (including phenoxy) is 5. The maximum Gasteiger partial charge on any atom is 0.241 e. The van der Waals surface area contributed by atoms with Crippen molar-refractivity contribution in [1.29, 1.82) is 0 Å². The van der Waals surface area contributed by atoms with Crippen molar-refractivity contribution in [3.63, 3.8) is 0 Å². The van der Waals surface area contributed by atoms with Gasteiger partial charge in [0.25, 0.3) is 0 Å². The minimum atomic E-state index is -0.207. The lowest BCUT2D eigenvalue weighted by Gasteiger charge is -2.26. The fraction of sp³-hybridized carbons (Fsp3) is 0.422. The molecule has 8 rings (SSSR count). The molecule has 322 valence electrons. The number of aryl methyl sites for hydroxylation is 4. The molecule has 2 saturated heterocycles. The molecule has 2 fully saturated rings. The average molecular weight is 853 g/mol. The van der Waals surface area contributed by atoms with E-state index in [1.54, 1.807) is 27.4 Å². The van der Waals surface area contributed by atoms with Gasteiger partial charge >= 0.3 is 0 Å². The molecule has 15 nitrogen and oxygen atoms in total. The number of pyridine rings is 2. The highest BCUT2D eigenvalue weighted by Crippen LogP contribution is 2.37. The van der Waals surface area contributed by atoms with Crippen LogP contribution in [0.25, 0.3) is 33.3 Å². The Morgan fingerprint density at radius 1 is 0.721 bits per heavy atom. The third-order valence-corrected chi connectivity index (χ3v) is 12.1. The molecule has 2 amide bonds. The lowest BCUT2D eigenvalue weighted by Crippen LogP contribution is -2.31. The number of hydrogen-bond donors (Lipinski definition) is 1. The van der Waals surface area contributed by atoms with Crippen molar-refractivity contribution in [3.05, 3.63) is 77.0 Å². The monoisotopic (exact) mass is 852 g/mol. The van der Waals surface area contributed by atoms with Gasteiger partial charge in [-0.1, -0.05) is 23.7 Å². The van der Waals surface area contributed by atoms with Gasteiger partial charge in [0, 0.05) is 63.5 Å². The number of nitrogens with one attached hydrogen (secondary N) is 1. The largest absolute Gasteiger partial charge is 0.497 e. The predicted octanol–water partition coefficient (Wildman–Crippen LogP) is 7.18. The van der Waals surface area contributed by atoms with Crippen LogP contribution in [0.1, 0.15) is 56.9 Å². The first-order valence-electron chi connectivity index (χ1n) is 20.3. The quantitative estimate of drug-likeness (QED) is 0.124. The number of likely N-dealkylation sites (tertiary alicyclic amines) is 1. The summed E-state index contributed by atoms with van der Waals surface area (Å²) >= 11 is 6.19. The Hall–Kier alpha value is -6.09. The molecule has 5 atom stereocenters. The van der Waals surface area contributed by atoms with E-state index < -0.39 is 0 Å². The van der Waals surface area contributed by atoms with Crippen LogP contribution in [0.2, 0.25) is 5.15 Å². The molecule has 16 heteroatoms. The summed E-state index contributed by atoms with van der Waals surface area (Å²) in [4.78, 5) is 44.7. The molecule has 4 aromatic heterocycles. The smallest absolute Gasteiger partial charge is 0.241 e. The second-order valence-corrected chi connectivity index (χ2v) is 16.1. The van der Waals surface area contributed by atoms with Crippen LogP contribution in [-0.2, 0) is 23.7 Å². The number of methoxy groups -OCH3 is 3. The SMILES string of the molecule is COc1ccc(-c2cc3nc(C)n(C)c3c(O[C@H](C)[C@H]3CNC(=O)C3)n2)cc1OC.COc1ccc([C@@H](C)N2C[C@H]([C@@H](C)Oc3nc(Cl)cc4nc(C)n(C)c34)CC2=O)cc1. The van der Waals surface area contributed by atoms with Crippen molar-refractivity contribution in [3.8, 4) is 40.3 Å². The lowest BCUT2D eigenvalue weighted by molar-refractivity contribution is -0.129. The number of aromatic nitrogens is 6. The highest BCUT2D eigenvalue weighted by molar-refractivity contribution is 6.30.